The molecule has 1 unspecified atom stereocenters. The van der Waals surface area contributed by atoms with Crippen LogP contribution < -0.4 is 10.6 Å². The van der Waals surface area contributed by atoms with Crippen molar-refractivity contribution in [3.05, 3.63) is 41.7 Å². The summed E-state index contributed by atoms with van der Waals surface area (Å²) in [7, 11) is 1.64. The molecule has 0 saturated carbocycles. The Bertz CT molecular complexity index is 1090. The van der Waals surface area contributed by atoms with Gasteiger partial charge in [0.05, 0.1) is 25.1 Å². The van der Waals surface area contributed by atoms with Crippen molar-refractivity contribution in [3.8, 4) is 23.2 Å². The molecule has 0 radical (unpaired) electrons. The van der Waals surface area contributed by atoms with Crippen LogP contribution in [0.25, 0.3) is 11.4 Å². The lowest BCUT2D eigenvalue weighted by atomic mass is 10.0. The maximum absolute atomic E-state index is 12.1. The zero-order chi connectivity index (χ0) is 22.0. The maximum atomic E-state index is 12.1. The topological polar surface area (TPSA) is 122 Å². The highest BCUT2D eigenvalue weighted by Crippen LogP contribution is 2.24. The quantitative estimate of drug-likeness (QED) is 0.670. The number of anilines is 1. The van der Waals surface area contributed by atoms with Crippen LogP contribution in [0.3, 0.4) is 0 Å². The van der Waals surface area contributed by atoms with Crippen molar-refractivity contribution >= 4 is 17.5 Å². The van der Waals surface area contributed by atoms with Crippen LogP contribution in [0.1, 0.15) is 22.5 Å². The fourth-order valence-electron chi connectivity index (χ4n) is 3.61. The summed E-state index contributed by atoms with van der Waals surface area (Å²) >= 11 is 0. The molecule has 2 aromatic rings. The smallest absolute Gasteiger partial charge is 0.269 e. The van der Waals surface area contributed by atoms with Crippen LogP contribution in [0.5, 0.6) is 0 Å². The molecule has 0 spiro atoms. The zero-order valence-corrected chi connectivity index (χ0v) is 17.2. The van der Waals surface area contributed by atoms with Gasteiger partial charge in [-0.25, -0.2) is 9.97 Å². The van der Waals surface area contributed by atoms with Gasteiger partial charge in [0.15, 0.2) is 11.5 Å². The Morgan fingerprint density at radius 3 is 2.74 bits per heavy atom. The number of aliphatic hydroxyl groups is 1. The number of primary amides is 1. The molecule has 4 rings (SSSR count). The Morgan fingerprint density at radius 2 is 2.06 bits per heavy atom. The molecule has 2 aliphatic heterocycles. The van der Waals surface area contributed by atoms with Crippen molar-refractivity contribution in [3.63, 3.8) is 0 Å². The SMILES string of the molecule is CN1CCC(O)(C#Cc2cccc(-c3ncc(N4CCOCC4)c(C(N)=O)n3)c2)C1=O. The number of morpholine rings is 1. The molecule has 2 amide bonds. The second kappa shape index (κ2) is 8.34. The predicted molar refractivity (Wildman–Crippen MR) is 113 cm³/mol. The number of nitrogens with zero attached hydrogens (tertiary/aromatic N) is 4. The van der Waals surface area contributed by atoms with Crippen molar-refractivity contribution in [2.75, 3.05) is 44.8 Å². The molecule has 1 aromatic heterocycles. The molecule has 3 heterocycles. The molecule has 2 fully saturated rings. The van der Waals surface area contributed by atoms with Crippen LogP contribution in [0.2, 0.25) is 0 Å². The van der Waals surface area contributed by atoms with E-state index in [1.807, 2.05) is 4.90 Å². The number of hydrogen-bond donors (Lipinski definition) is 2. The van der Waals surface area contributed by atoms with Gasteiger partial charge in [-0.05, 0) is 12.1 Å². The van der Waals surface area contributed by atoms with Crippen LogP contribution >= 0.6 is 0 Å². The maximum Gasteiger partial charge on any atom is 0.269 e. The number of ether oxygens (including phenoxy) is 1. The van der Waals surface area contributed by atoms with E-state index in [9.17, 15) is 14.7 Å². The van der Waals surface area contributed by atoms with E-state index in [1.165, 1.54) is 4.90 Å². The highest BCUT2D eigenvalue weighted by atomic mass is 16.5. The van der Waals surface area contributed by atoms with Crippen molar-refractivity contribution in [2.45, 2.75) is 12.0 Å². The van der Waals surface area contributed by atoms with Gasteiger partial charge in [0.25, 0.3) is 11.8 Å². The number of likely N-dealkylation sites (N-methyl/N-ethyl adjacent to an activating group) is 1. The minimum atomic E-state index is -1.67. The summed E-state index contributed by atoms with van der Waals surface area (Å²) < 4.78 is 5.35. The number of nitrogens with two attached hydrogens (primary N) is 1. The van der Waals surface area contributed by atoms with E-state index in [1.54, 1.807) is 37.5 Å². The third kappa shape index (κ3) is 4.21. The van der Waals surface area contributed by atoms with Crippen LogP contribution in [-0.2, 0) is 9.53 Å². The van der Waals surface area contributed by atoms with Crippen molar-refractivity contribution in [1.82, 2.24) is 14.9 Å². The van der Waals surface area contributed by atoms with E-state index in [4.69, 9.17) is 10.5 Å². The van der Waals surface area contributed by atoms with Crippen LogP contribution in [0.4, 0.5) is 5.69 Å². The van der Waals surface area contributed by atoms with Gasteiger partial charge in [0, 0.05) is 44.2 Å². The number of rotatable bonds is 3. The molecule has 0 bridgehead atoms. The minimum Gasteiger partial charge on any atom is -0.378 e. The molecular formula is C22H23N5O4. The molecule has 3 N–H and O–H groups in total. The fourth-order valence-corrected chi connectivity index (χ4v) is 3.61. The van der Waals surface area contributed by atoms with Gasteiger partial charge >= 0.3 is 0 Å². The highest BCUT2D eigenvalue weighted by Gasteiger charge is 2.42. The second-order valence-electron chi connectivity index (χ2n) is 7.56. The summed E-state index contributed by atoms with van der Waals surface area (Å²) in [5.74, 6) is 4.87. The number of carbonyl (C=O) groups is 2. The third-order valence-corrected chi connectivity index (χ3v) is 5.40. The number of likely N-dealkylation sites (tertiary alicyclic amines) is 1. The molecule has 9 nitrogen and oxygen atoms in total. The molecule has 2 saturated heterocycles. The molecule has 160 valence electrons. The van der Waals surface area contributed by atoms with E-state index in [0.717, 1.165) is 0 Å². The van der Waals surface area contributed by atoms with Gasteiger partial charge in [-0.15, -0.1) is 0 Å². The first-order valence-corrected chi connectivity index (χ1v) is 9.98. The van der Waals surface area contributed by atoms with Gasteiger partial charge in [0.1, 0.15) is 0 Å². The van der Waals surface area contributed by atoms with E-state index in [-0.39, 0.29) is 12.1 Å². The van der Waals surface area contributed by atoms with Gasteiger partial charge in [0.2, 0.25) is 5.60 Å². The van der Waals surface area contributed by atoms with Gasteiger partial charge in [-0.3, -0.25) is 9.59 Å². The number of benzene rings is 1. The first kappa shape index (κ1) is 20.8. The van der Waals surface area contributed by atoms with E-state index in [0.29, 0.717) is 55.5 Å². The second-order valence-corrected chi connectivity index (χ2v) is 7.56. The molecule has 1 aromatic carbocycles. The molecular weight excluding hydrogens is 398 g/mol. The number of hydrogen-bond acceptors (Lipinski definition) is 7. The predicted octanol–water partition coefficient (Wildman–Crippen LogP) is 0.0238. The molecule has 2 aliphatic rings. The normalized spacial score (nSPS) is 21.0. The molecule has 9 heteroatoms. The zero-order valence-electron chi connectivity index (χ0n) is 17.2. The summed E-state index contributed by atoms with van der Waals surface area (Å²) in [6.07, 6.45) is 1.87. The molecule has 31 heavy (non-hydrogen) atoms. The van der Waals surface area contributed by atoms with Gasteiger partial charge in [-0.1, -0.05) is 24.0 Å². The lowest BCUT2D eigenvalue weighted by molar-refractivity contribution is -0.137. The number of aromatic nitrogens is 2. The fraction of sp³-hybridized carbons (Fsp3) is 0.364. The Hall–Kier alpha value is -3.48. The van der Waals surface area contributed by atoms with E-state index < -0.39 is 17.4 Å². The standard InChI is InChI=1S/C22H23N5O4/c1-26-8-7-22(30,21(26)29)6-5-15-3-2-4-16(13-15)20-24-14-17(18(25-20)19(23)28)27-9-11-31-12-10-27/h2-4,13-14,30H,7-12H2,1H3,(H2,23,28). The average Bonchev–Trinajstić information content (AvgIpc) is 3.06. The minimum absolute atomic E-state index is 0.150. The first-order valence-electron chi connectivity index (χ1n) is 9.98. The van der Waals surface area contributed by atoms with Gasteiger partial charge in [-0.2, -0.15) is 0 Å². The van der Waals surface area contributed by atoms with Crippen LogP contribution in [0.15, 0.2) is 30.5 Å². The number of carbonyl (C=O) groups excluding carboxylic acids is 2. The van der Waals surface area contributed by atoms with E-state index >= 15 is 0 Å². The largest absolute Gasteiger partial charge is 0.378 e. The summed E-state index contributed by atoms with van der Waals surface area (Å²) in [5.41, 5.74) is 5.89. The highest BCUT2D eigenvalue weighted by molar-refractivity contribution is 5.97. The Morgan fingerprint density at radius 1 is 1.29 bits per heavy atom. The van der Waals surface area contributed by atoms with Gasteiger partial charge < -0.3 is 25.4 Å². The van der Waals surface area contributed by atoms with E-state index in [2.05, 4.69) is 21.8 Å². The summed E-state index contributed by atoms with van der Waals surface area (Å²) in [6.45, 7) is 2.84. The summed E-state index contributed by atoms with van der Waals surface area (Å²) in [6, 6.07) is 7.08. The first-order chi connectivity index (χ1) is 14.9. The van der Waals surface area contributed by atoms with Crippen LogP contribution in [0, 0.1) is 11.8 Å². The van der Waals surface area contributed by atoms with Crippen molar-refractivity contribution in [2.24, 2.45) is 5.73 Å². The Kier molecular flexibility index (Phi) is 5.59. The third-order valence-electron chi connectivity index (χ3n) is 5.40. The average molecular weight is 421 g/mol. The Balaban J connectivity index is 1.64. The Labute approximate surface area is 179 Å². The lowest BCUT2D eigenvalue weighted by Crippen LogP contribution is -2.38. The van der Waals surface area contributed by atoms with Crippen molar-refractivity contribution in [1.29, 1.82) is 0 Å². The molecule has 0 aliphatic carbocycles. The molecule has 1 atom stereocenters. The lowest BCUT2D eigenvalue weighted by Gasteiger charge is -2.29. The van der Waals surface area contributed by atoms with Crippen molar-refractivity contribution < 1.29 is 19.4 Å². The summed E-state index contributed by atoms with van der Waals surface area (Å²) in [4.78, 5) is 36.4. The number of amides is 2. The summed E-state index contributed by atoms with van der Waals surface area (Å²) in [5, 5.41) is 10.5. The monoisotopic (exact) mass is 421 g/mol. The van der Waals surface area contributed by atoms with Crippen LogP contribution in [-0.4, -0.2) is 77.3 Å².